The van der Waals surface area contributed by atoms with Gasteiger partial charge in [0.25, 0.3) is 5.69 Å². The molecule has 6 rings (SSSR count). The summed E-state index contributed by atoms with van der Waals surface area (Å²) in [5, 5.41) is 37.9. The average molecular weight is 969 g/mol. The molecule has 0 radical (unpaired) electrons. The highest BCUT2D eigenvalue weighted by molar-refractivity contribution is 5.76. The van der Waals surface area contributed by atoms with Crippen LogP contribution in [0.2, 0.25) is 0 Å². The van der Waals surface area contributed by atoms with Gasteiger partial charge in [-0.25, -0.2) is 0 Å². The molecule has 0 aromatic heterocycles. The quantitative estimate of drug-likeness (QED) is 0.0127. The molecule has 6 aromatic rings. The summed E-state index contributed by atoms with van der Waals surface area (Å²) in [5.74, 6) is 0.715. The maximum absolute atomic E-state index is 12.6. The summed E-state index contributed by atoms with van der Waals surface area (Å²) in [6.45, 7) is 3.08. The van der Waals surface area contributed by atoms with Crippen LogP contribution in [0.4, 0.5) is 34.1 Å². The van der Waals surface area contributed by atoms with Crippen molar-refractivity contribution in [2.24, 2.45) is 20.5 Å². The van der Waals surface area contributed by atoms with Gasteiger partial charge in [0.05, 0.1) is 71.7 Å². The zero-order valence-electron chi connectivity index (χ0n) is 40.2. The Morgan fingerprint density at radius 3 is 1.73 bits per heavy atom. The molecule has 0 atom stereocenters. The van der Waals surface area contributed by atoms with Crippen LogP contribution in [0.25, 0.3) is 0 Å². The number of non-ortho nitro benzene ring substituents is 1. The topological polar surface area (TPSA) is 215 Å². The molecule has 18 nitrogen and oxygen atoms in total. The standard InChI is InChI=1S/C53H56N6O12/c1-6-7-31-69-50-34-42(21-26-45(50)55-57-47-36-48(67-4)46(35-49(47)68-5)56-54-40-17-19-41(20-18-40)59(63)64)58(29-32-70-52(62)28-27-51(60)61)30-33-71-53(37-11-9-8-10-12-37,38-13-22-43(65-2)23-14-38)39-15-24-44(66-3)25-16-39/h8-26,34-36H,6-7,27-33H2,1-5H3,(H,60,61). The number of carboxylic acids is 1. The van der Waals surface area contributed by atoms with Crippen LogP contribution in [0.3, 0.4) is 0 Å². The van der Waals surface area contributed by atoms with E-state index in [1.807, 2.05) is 95.9 Å². The monoisotopic (exact) mass is 968 g/mol. The highest BCUT2D eigenvalue weighted by atomic mass is 16.6. The van der Waals surface area contributed by atoms with Crippen molar-refractivity contribution >= 4 is 46.1 Å². The van der Waals surface area contributed by atoms with E-state index in [1.54, 1.807) is 32.4 Å². The van der Waals surface area contributed by atoms with Gasteiger partial charge in [0.1, 0.15) is 58.0 Å². The number of nitrogens with zero attached hydrogens (tertiary/aromatic N) is 6. The smallest absolute Gasteiger partial charge is 0.306 e. The first-order valence-corrected chi connectivity index (χ1v) is 22.7. The van der Waals surface area contributed by atoms with E-state index in [1.165, 1.54) is 38.5 Å². The fraction of sp³-hybridized carbons (Fsp3) is 0.283. The van der Waals surface area contributed by atoms with Crippen LogP contribution >= 0.6 is 0 Å². The van der Waals surface area contributed by atoms with Crippen molar-refractivity contribution < 1.29 is 52.8 Å². The lowest BCUT2D eigenvalue weighted by Gasteiger charge is -2.37. The van der Waals surface area contributed by atoms with Crippen LogP contribution in [-0.2, 0) is 24.7 Å². The summed E-state index contributed by atoms with van der Waals surface area (Å²) in [6, 6.07) is 39.7. The van der Waals surface area contributed by atoms with Crippen LogP contribution in [0.15, 0.2) is 154 Å². The molecule has 0 fully saturated rings. The lowest BCUT2D eigenvalue weighted by Crippen LogP contribution is -2.37. The summed E-state index contributed by atoms with van der Waals surface area (Å²) in [5.41, 5.74) is 3.55. The number of carbonyl (C=O) groups is 2. The number of ether oxygens (including phenoxy) is 7. The number of aliphatic carboxylic acids is 1. The number of unbranched alkanes of at least 4 members (excludes halogenated alkanes) is 1. The Hall–Kier alpha value is -8.38. The number of benzene rings is 6. The number of hydrogen-bond donors (Lipinski definition) is 1. The van der Waals surface area contributed by atoms with E-state index in [-0.39, 0.29) is 38.3 Å². The Morgan fingerprint density at radius 1 is 0.620 bits per heavy atom. The Morgan fingerprint density at radius 2 is 1.18 bits per heavy atom. The Kier molecular flexibility index (Phi) is 18.9. The van der Waals surface area contributed by atoms with Crippen LogP contribution in [0.1, 0.15) is 49.3 Å². The largest absolute Gasteiger partial charge is 0.497 e. The third-order valence-electron chi connectivity index (χ3n) is 11.2. The van der Waals surface area contributed by atoms with E-state index in [0.717, 1.165) is 29.5 Å². The number of nitro benzene ring substituents is 1. The first-order chi connectivity index (χ1) is 34.5. The first-order valence-electron chi connectivity index (χ1n) is 22.7. The SMILES string of the molecule is CCCCOc1cc(N(CCOC(=O)CCC(=O)O)CCOC(c2ccccc2)(c2ccc(OC)cc2)c2ccc(OC)cc2)ccc1N=Nc1cc(OC)c(N=Nc2ccc([N+](=O)[O-])cc2)cc1OC. The van der Waals surface area contributed by atoms with Gasteiger partial charge >= 0.3 is 11.9 Å². The molecule has 0 bridgehead atoms. The summed E-state index contributed by atoms with van der Waals surface area (Å²) in [6.07, 6.45) is 1.04. The molecule has 71 heavy (non-hydrogen) atoms. The number of esters is 1. The third-order valence-corrected chi connectivity index (χ3v) is 11.2. The van der Waals surface area contributed by atoms with E-state index >= 15 is 0 Å². The lowest BCUT2D eigenvalue weighted by atomic mass is 9.80. The molecule has 0 saturated heterocycles. The number of methoxy groups -OCH3 is 4. The molecule has 1 N–H and O–H groups in total. The average Bonchev–Trinajstić information content (AvgIpc) is 3.40. The molecule has 0 aliphatic heterocycles. The molecule has 0 aliphatic rings. The Bertz CT molecular complexity index is 2710. The molecule has 0 aliphatic carbocycles. The second kappa shape index (κ2) is 25.8. The maximum Gasteiger partial charge on any atom is 0.306 e. The Labute approximate surface area is 411 Å². The lowest BCUT2D eigenvalue weighted by molar-refractivity contribution is -0.384. The van der Waals surface area contributed by atoms with Crippen molar-refractivity contribution in [3.05, 3.63) is 160 Å². The van der Waals surface area contributed by atoms with Crippen LogP contribution in [0, 0.1) is 10.1 Å². The van der Waals surface area contributed by atoms with Gasteiger partial charge in [0.2, 0.25) is 0 Å². The van der Waals surface area contributed by atoms with E-state index in [2.05, 4.69) is 27.4 Å². The van der Waals surface area contributed by atoms with E-state index in [0.29, 0.717) is 70.3 Å². The summed E-state index contributed by atoms with van der Waals surface area (Å²) >= 11 is 0. The molecular formula is C53H56N6O12. The van der Waals surface area contributed by atoms with E-state index in [4.69, 9.17) is 38.3 Å². The number of anilines is 1. The molecule has 18 heteroatoms. The maximum atomic E-state index is 12.6. The number of rotatable bonds is 27. The van der Waals surface area contributed by atoms with Crippen LogP contribution in [0.5, 0.6) is 28.7 Å². The molecule has 6 aromatic carbocycles. The van der Waals surface area contributed by atoms with Crippen LogP contribution in [-0.4, -0.2) is 83.3 Å². The zero-order valence-corrected chi connectivity index (χ0v) is 40.2. The van der Waals surface area contributed by atoms with Gasteiger partial charge in [-0.05, 0) is 71.6 Å². The molecule has 0 amide bonds. The summed E-state index contributed by atoms with van der Waals surface area (Å²) < 4.78 is 41.4. The van der Waals surface area contributed by atoms with Gasteiger partial charge in [0.15, 0.2) is 0 Å². The van der Waals surface area contributed by atoms with Gasteiger partial charge in [-0.15, -0.1) is 15.3 Å². The molecule has 370 valence electrons. The zero-order chi connectivity index (χ0) is 50.6. The minimum Gasteiger partial charge on any atom is -0.497 e. The highest BCUT2D eigenvalue weighted by Crippen LogP contribution is 2.44. The van der Waals surface area contributed by atoms with Gasteiger partial charge in [-0.1, -0.05) is 67.9 Å². The fourth-order valence-corrected chi connectivity index (χ4v) is 7.41. The molecule has 0 unspecified atom stereocenters. The second-order valence-corrected chi connectivity index (χ2v) is 15.7. The van der Waals surface area contributed by atoms with Crippen molar-refractivity contribution in [2.75, 3.05) is 66.2 Å². The first kappa shape index (κ1) is 52.0. The van der Waals surface area contributed by atoms with Gasteiger partial charge in [-0.3, -0.25) is 19.7 Å². The molecule has 0 saturated carbocycles. The van der Waals surface area contributed by atoms with Crippen molar-refractivity contribution in [1.29, 1.82) is 0 Å². The second-order valence-electron chi connectivity index (χ2n) is 15.7. The van der Waals surface area contributed by atoms with Crippen molar-refractivity contribution in [3.8, 4) is 28.7 Å². The van der Waals surface area contributed by atoms with Gasteiger partial charge in [0, 0.05) is 42.6 Å². The van der Waals surface area contributed by atoms with Crippen molar-refractivity contribution in [2.45, 2.75) is 38.2 Å². The normalized spacial score (nSPS) is 11.3. The molecule has 0 heterocycles. The highest BCUT2D eigenvalue weighted by Gasteiger charge is 2.38. The number of carboxylic acid groups (broad SMARTS) is 1. The van der Waals surface area contributed by atoms with E-state index in [9.17, 15) is 19.7 Å². The predicted octanol–water partition coefficient (Wildman–Crippen LogP) is 11.9. The van der Waals surface area contributed by atoms with Gasteiger partial charge < -0.3 is 43.2 Å². The fourth-order valence-electron chi connectivity index (χ4n) is 7.41. The summed E-state index contributed by atoms with van der Waals surface area (Å²) in [4.78, 5) is 36.4. The predicted molar refractivity (Wildman–Crippen MR) is 266 cm³/mol. The number of nitro groups is 1. The van der Waals surface area contributed by atoms with Gasteiger partial charge in [-0.2, -0.15) is 5.11 Å². The van der Waals surface area contributed by atoms with Crippen molar-refractivity contribution in [3.63, 3.8) is 0 Å². The van der Waals surface area contributed by atoms with E-state index < -0.39 is 22.5 Å². The van der Waals surface area contributed by atoms with Crippen molar-refractivity contribution in [1.82, 2.24) is 0 Å². The summed E-state index contributed by atoms with van der Waals surface area (Å²) in [7, 11) is 6.18. The molecular weight excluding hydrogens is 913 g/mol. The third kappa shape index (κ3) is 13.9. The minimum absolute atomic E-state index is 0.0439. The molecule has 0 spiro atoms. The Balaban J connectivity index is 1.34. The van der Waals surface area contributed by atoms with Crippen LogP contribution < -0.4 is 28.6 Å². The number of carbonyl (C=O) groups excluding carboxylic acids is 1. The minimum atomic E-state index is -1.11. The number of azo groups is 2. The number of hydrogen-bond acceptors (Lipinski definition) is 16.